The Bertz CT molecular complexity index is 169. The van der Waals surface area contributed by atoms with Gasteiger partial charge in [0.05, 0.1) is 0 Å². The number of rotatable bonds is 1. The second-order valence-electron chi connectivity index (χ2n) is 4.62. The normalized spacial score (nSPS) is 47.0. The lowest BCUT2D eigenvalue weighted by Crippen LogP contribution is -2.48. The lowest BCUT2D eigenvalue weighted by atomic mass is 9.82. The maximum absolute atomic E-state index is 13.6. The van der Waals surface area contributed by atoms with Gasteiger partial charge in [0.15, 0.2) is 0 Å². The Labute approximate surface area is 73.7 Å². The third-order valence-electron chi connectivity index (χ3n) is 3.44. The van der Waals surface area contributed by atoms with Gasteiger partial charge >= 0.3 is 0 Å². The summed E-state index contributed by atoms with van der Waals surface area (Å²) in [5.74, 6) is 0.750. The third kappa shape index (κ3) is 1.26. The molecule has 2 aliphatic heterocycles. The van der Waals surface area contributed by atoms with Crippen molar-refractivity contribution >= 4 is 0 Å². The molecular formula is C10H18FN. The van der Waals surface area contributed by atoms with Gasteiger partial charge in [-0.25, -0.2) is 4.39 Å². The molecule has 2 aliphatic rings. The molecule has 1 nitrogen and oxygen atoms in total. The summed E-state index contributed by atoms with van der Waals surface area (Å²) in [6.45, 7) is 4.27. The maximum atomic E-state index is 13.6. The van der Waals surface area contributed by atoms with Crippen LogP contribution in [0.3, 0.4) is 0 Å². The van der Waals surface area contributed by atoms with E-state index in [2.05, 4.69) is 19.2 Å². The highest BCUT2D eigenvalue weighted by atomic mass is 19.1. The van der Waals surface area contributed by atoms with Gasteiger partial charge in [0.1, 0.15) is 6.17 Å². The molecule has 1 N–H and O–H groups in total. The topological polar surface area (TPSA) is 12.0 Å². The van der Waals surface area contributed by atoms with Crippen LogP contribution in [0.25, 0.3) is 0 Å². The second kappa shape index (κ2) is 2.99. The smallest absolute Gasteiger partial charge is 0.106 e. The highest BCUT2D eigenvalue weighted by Gasteiger charge is 2.42. The van der Waals surface area contributed by atoms with Crippen molar-refractivity contribution in [1.29, 1.82) is 0 Å². The molecule has 0 aromatic rings. The van der Waals surface area contributed by atoms with Gasteiger partial charge in [-0.2, -0.15) is 0 Å². The summed E-state index contributed by atoms with van der Waals surface area (Å²) in [6.07, 6.45) is 2.57. The number of nitrogens with one attached hydrogen (secondary N) is 1. The number of hydrogen-bond acceptors (Lipinski definition) is 1. The highest BCUT2D eigenvalue weighted by molar-refractivity contribution is 4.98. The van der Waals surface area contributed by atoms with Crippen molar-refractivity contribution in [2.75, 3.05) is 0 Å². The minimum Gasteiger partial charge on any atom is -0.311 e. The summed E-state index contributed by atoms with van der Waals surface area (Å²) in [5.41, 5.74) is 0. The first kappa shape index (κ1) is 8.49. The Kier molecular flexibility index (Phi) is 2.11. The van der Waals surface area contributed by atoms with E-state index < -0.39 is 6.17 Å². The number of hydrogen-bond donors (Lipinski definition) is 1. The third-order valence-corrected chi connectivity index (χ3v) is 3.44. The molecule has 4 unspecified atom stereocenters. The van der Waals surface area contributed by atoms with Gasteiger partial charge in [-0.1, -0.05) is 13.8 Å². The van der Waals surface area contributed by atoms with Crippen molar-refractivity contribution in [1.82, 2.24) is 5.32 Å². The van der Waals surface area contributed by atoms with Gasteiger partial charge in [0, 0.05) is 18.0 Å². The fraction of sp³-hybridized carbons (Fsp3) is 1.00. The van der Waals surface area contributed by atoms with E-state index in [0.717, 1.165) is 6.42 Å². The predicted molar refractivity (Wildman–Crippen MR) is 47.8 cm³/mol. The molecule has 0 aromatic carbocycles. The molecular weight excluding hydrogens is 153 g/mol. The van der Waals surface area contributed by atoms with Crippen molar-refractivity contribution in [2.24, 2.45) is 11.8 Å². The van der Waals surface area contributed by atoms with Crippen molar-refractivity contribution in [3.63, 3.8) is 0 Å². The first-order valence-corrected chi connectivity index (χ1v) is 5.08. The van der Waals surface area contributed by atoms with Gasteiger partial charge in [0.2, 0.25) is 0 Å². The van der Waals surface area contributed by atoms with Crippen LogP contribution in [0.4, 0.5) is 4.39 Å². The van der Waals surface area contributed by atoms with Gasteiger partial charge < -0.3 is 5.32 Å². The number of alkyl halides is 1. The predicted octanol–water partition coefficient (Wildman–Crippen LogP) is 2.12. The van der Waals surface area contributed by atoms with Crippen LogP contribution in [-0.2, 0) is 0 Å². The van der Waals surface area contributed by atoms with Crippen LogP contribution in [0.2, 0.25) is 0 Å². The molecule has 70 valence electrons. The molecule has 0 spiro atoms. The largest absolute Gasteiger partial charge is 0.311 e. The quantitative estimate of drug-likeness (QED) is 0.637. The zero-order valence-corrected chi connectivity index (χ0v) is 7.89. The summed E-state index contributed by atoms with van der Waals surface area (Å²) in [5, 5.41) is 3.51. The molecule has 4 atom stereocenters. The van der Waals surface area contributed by atoms with Crippen molar-refractivity contribution in [3.8, 4) is 0 Å². The van der Waals surface area contributed by atoms with Crippen LogP contribution in [0.5, 0.6) is 0 Å². The van der Waals surface area contributed by atoms with Gasteiger partial charge in [-0.3, -0.25) is 0 Å². The molecule has 2 saturated heterocycles. The Hall–Kier alpha value is -0.110. The molecule has 0 radical (unpaired) electrons. The molecule has 0 aliphatic carbocycles. The van der Waals surface area contributed by atoms with Crippen LogP contribution >= 0.6 is 0 Å². The zero-order chi connectivity index (χ0) is 8.72. The first-order valence-electron chi connectivity index (χ1n) is 5.08. The SMILES string of the molecule is CC(C)C1C(F)CC2CCC1N2. The number of fused-ring (bicyclic) bond motifs is 2. The molecule has 2 rings (SSSR count). The molecule has 2 fully saturated rings. The lowest BCUT2D eigenvalue weighted by molar-refractivity contribution is 0.101. The summed E-state index contributed by atoms with van der Waals surface area (Å²) in [7, 11) is 0. The van der Waals surface area contributed by atoms with E-state index in [1.165, 1.54) is 12.8 Å². The van der Waals surface area contributed by atoms with Crippen molar-refractivity contribution in [3.05, 3.63) is 0 Å². The Morgan fingerprint density at radius 3 is 2.75 bits per heavy atom. The zero-order valence-electron chi connectivity index (χ0n) is 7.89. The van der Waals surface area contributed by atoms with E-state index in [1.54, 1.807) is 0 Å². The Balaban J connectivity index is 2.10. The van der Waals surface area contributed by atoms with Gasteiger partial charge in [-0.05, 0) is 25.2 Å². The molecule has 0 amide bonds. The maximum Gasteiger partial charge on any atom is 0.106 e. The standard InChI is InChI=1S/C10H18FN/c1-6(2)10-8(11)5-7-3-4-9(10)12-7/h6-10,12H,3-5H2,1-2H3. The van der Waals surface area contributed by atoms with Crippen molar-refractivity contribution < 1.29 is 4.39 Å². The molecule has 0 saturated carbocycles. The van der Waals surface area contributed by atoms with Crippen molar-refractivity contribution in [2.45, 2.75) is 51.4 Å². The van der Waals surface area contributed by atoms with Crippen LogP contribution in [-0.4, -0.2) is 18.3 Å². The summed E-state index contributed by atoms with van der Waals surface area (Å²) in [6, 6.07) is 0.957. The molecule has 2 heteroatoms. The Morgan fingerprint density at radius 1 is 1.33 bits per heavy atom. The first-order chi connectivity index (χ1) is 5.68. The monoisotopic (exact) mass is 171 g/mol. The summed E-state index contributed by atoms with van der Waals surface area (Å²) < 4.78 is 13.6. The van der Waals surface area contributed by atoms with Gasteiger partial charge in [-0.15, -0.1) is 0 Å². The van der Waals surface area contributed by atoms with Crippen LogP contribution < -0.4 is 5.32 Å². The Morgan fingerprint density at radius 2 is 2.08 bits per heavy atom. The number of piperidine rings is 1. The van der Waals surface area contributed by atoms with Gasteiger partial charge in [0.25, 0.3) is 0 Å². The summed E-state index contributed by atoms with van der Waals surface area (Å²) >= 11 is 0. The second-order valence-corrected chi connectivity index (χ2v) is 4.62. The van der Waals surface area contributed by atoms with E-state index in [9.17, 15) is 4.39 Å². The molecule has 2 bridgehead atoms. The minimum absolute atomic E-state index is 0.267. The van der Waals surface area contributed by atoms with E-state index in [4.69, 9.17) is 0 Å². The lowest BCUT2D eigenvalue weighted by Gasteiger charge is -2.35. The van der Waals surface area contributed by atoms with E-state index >= 15 is 0 Å². The van der Waals surface area contributed by atoms with Crippen LogP contribution in [0, 0.1) is 11.8 Å². The average Bonchev–Trinajstić information content (AvgIpc) is 2.31. The van der Waals surface area contributed by atoms with E-state index in [1.807, 2.05) is 0 Å². The molecule has 2 heterocycles. The minimum atomic E-state index is -0.552. The fourth-order valence-corrected chi connectivity index (χ4v) is 2.90. The summed E-state index contributed by atoms with van der Waals surface area (Å²) in [4.78, 5) is 0. The number of halogens is 1. The molecule has 12 heavy (non-hydrogen) atoms. The van der Waals surface area contributed by atoms with Crippen LogP contribution in [0.1, 0.15) is 33.1 Å². The van der Waals surface area contributed by atoms with Crippen LogP contribution in [0.15, 0.2) is 0 Å². The highest BCUT2D eigenvalue weighted by Crippen LogP contribution is 2.37. The average molecular weight is 171 g/mol. The fourth-order valence-electron chi connectivity index (χ4n) is 2.90. The molecule has 0 aromatic heterocycles. The van der Waals surface area contributed by atoms with E-state index in [0.29, 0.717) is 18.0 Å². The van der Waals surface area contributed by atoms with E-state index in [-0.39, 0.29) is 5.92 Å².